The Balaban J connectivity index is 1.93. The Hall–Kier alpha value is -1.18. The quantitative estimate of drug-likeness (QED) is 0.844. The Morgan fingerprint density at radius 1 is 1.06 bits per heavy atom. The number of rotatable bonds is 3. The second-order valence-electron chi connectivity index (χ2n) is 4.92. The highest BCUT2D eigenvalue weighted by atomic mass is 16.5. The number of hydrogen-bond acceptors (Lipinski definition) is 2. The summed E-state index contributed by atoms with van der Waals surface area (Å²) in [6.45, 7) is 0. The van der Waals surface area contributed by atoms with E-state index in [-0.39, 0.29) is 0 Å². The fourth-order valence-corrected chi connectivity index (χ4v) is 2.55. The van der Waals surface area contributed by atoms with E-state index in [1.54, 1.807) is 7.11 Å². The molecule has 1 aliphatic rings. The third-order valence-electron chi connectivity index (χ3n) is 3.55. The van der Waals surface area contributed by atoms with Gasteiger partial charge in [-0.1, -0.05) is 38.2 Å². The number of nitrogens with one attached hydrogen (secondary N) is 1. The lowest BCUT2D eigenvalue weighted by Gasteiger charge is -2.22. The zero-order valence-corrected chi connectivity index (χ0v) is 10.7. The first-order valence-electron chi connectivity index (χ1n) is 6.79. The molecular weight excluding hydrogens is 210 g/mol. The molecule has 1 fully saturated rings. The van der Waals surface area contributed by atoms with E-state index in [0.717, 1.165) is 5.75 Å². The third-order valence-corrected chi connectivity index (χ3v) is 3.55. The van der Waals surface area contributed by atoms with E-state index in [0.29, 0.717) is 6.04 Å². The highest BCUT2D eigenvalue weighted by Gasteiger charge is 2.11. The number of benzene rings is 1. The number of ether oxygens (including phenoxy) is 1. The average molecular weight is 233 g/mol. The van der Waals surface area contributed by atoms with Gasteiger partial charge in [-0.05, 0) is 25.0 Å². The first-order valence-corrected chi connectivity index (χ1v) is 6.79. The maximum atomic E-state index is 5.25. The van der Waals surface area contributed by atoms with Crippen LogP contribution in [-0.4, -0.2) is 13.2 Å². The molecule has 0 unspecified atom stereocenters. The highest BCUT2D eigenvalue weighted by molar-refractivity contribution is 5.48. The summed E-state index contributed by atoms with van der Waals surface area (Å²) in [6.07, 6.45) is 9.55. The van der Waals surface area contributed by atoms with E-state index in [1.807, 2.05) is 12.1 Å². The SMILES string of the molecule is COc1cccc(NC2CCCCCCC2)c1. The summed E-state index contributed by atoms with van der Waals surface area (Å²) in [5.41, 5.74) is 1.19. The summed E-state index contributed by atoms with van der Waals surface area (Å²) in [7, 11) is 1.72. The van der Waals surface area contributed by atoms with E-state index in [1.165, 1.54) is 50.6 Å². The van der Waals surface area contributed by atoms with Gasteiger partial charge in [-0.3, -0.25) is 0 Å². The molecule has 2 heteroatoms. The van der Waals surface area contributed by atoms with Crippen LogP contribution >= 0.6 is 0 Å². The van der Waals surface area contributed by atoms with E-state index in [9.17, 15) is 0 Å². The molecule has 0 atom stereocenters. The first kappa shape index (κ1) is 12.3. The molecule has 17 heavy (non-hydrogen) atoms. The van der Waals surface area contributed by atoms with Crippen LogP contribution in [0.2, 0.25) is 0 Å². The van der Waals surface area contributed by atoms with Gasteiger partial charge in [0.15, 0.2) is 0 Å². The standard InChI is InChI=1S/C15H23NO/c1-17-15-11-7-10-14(12-15)16-13-8-5-3-2-4-6-9-13/h7,10-13,16H,2-6,8-9H2,1H3. The molecule has 2 rings (SSSR count). The molecule has 0 radical (unpaired) electrons. The van der Waals surface area contributed by atoms with Crippen molar-refractivity contribution >= 4 is 5.69 Å². The van der Waals surface area contributed by atoms with E-state index in [2.05, 4.69) is 17.4 Å². The van der Waals surface area contributed by atoms with Crippen molar-refractivity contribution < 1.29 is 4.74 Å². The van der Waals surface area contributed by atoms with Crippen molar-refractivity contribution in [2.24, 2.45) is 0 Å². The Kier molecular flexibility index (Phi) is 4.72. The van der Waals surface area contributed by atoms with Gasteiger partial charge in [0.1, 0.15) is 5.75 Å². The second kappa shape index (κ2) is 6.53. The van der Waals surface area contributed by atoms with Crippen LogP contribution in [0.25, 0.3) is 0 Å². The van der Waals surface area contributed by atoms with Gasteiger partial charge >= 0.3 is 0 Å². The predicted molar refractivity (Wildman–Crippen MR) is 72.7 cm³/mol. The molecule has 0 aromatic heterocycles. The molecule has 0 amide bonds. The number of methoxy groups -OCH3 is 1. The van der Waals surface area contributed by atoms with Crippen LogP contribution in [0.4, 0.5) is 5.69 Å². The van der Waals surface area contributed by atoms with E-state index in [4.69, 9.17) is 4.74 Å². The fourth-order valence-electron chi connectivity index (χ4n) is 2.55. The normalized spacial score (nSPS) is 18.2. The number of anilines is 1. The molecule has 1 saturated carbocycles. The van der Waals surface area contributed by atoms with Crippen LogP contribution in [0.15, 0.2) is 24.3 Å². The molecule has 0 aliphatic heterocycles. The van der Waals surface area contributed by atoms with Crippen LogP contribution in [-0.2, 0) is 0 Å². The lowest BCUT2D eigenvalue weighted by molar-refractivity contribution is 0.414. The van der Waals surface area contributed by atoms with Crippen LogP contribution in [0.5, 0.6) is 5.75 Å². The van der Waals surface area contributed by atoms with Gasteiger partial charge < -0.3 is 10.1 Å². The van der Waals surface area contributed by atoms with Crippen molar-refractivity contribution in [1.29, 1.82) is 0 Å². The maximum Gasteiger partial charge on any atom is 0.120 e. The lowest BCUT2D eigenvalue weighted by Crippen LogP contribution is -2.20. The molecule has 94 valence electrons. The van der Waals surface area contributed by atoms with Gasteiger partial charge in [-0.25, -0.2) is 0 Å². The molecule has 0 bridgehead atoms. The summed E-state index contributed by atoms with van der Waals surface area (Å²) in [6, 6.07) is 8.88. The molecule has 1 N–H and O–H groups in total. The van der Waals surface area contributed by atoms with Crippen molar-refractivity contribution in [2.75, 3.05) is 12.4 Å². The van der Waals surface area contributed by atoms with Gasteiger partial charge in [0.2, 0.25) is 0 Å². The van der Waals surface area contributed by atoms with Crippen LogP contribution in [0.3, 0.4) is 0 Å². The summed E-state index contributed by atoms with van der Waals surface area (Å²) < 4.78 is 5.25. The zero-order valence-electron chi connectivity index (χ0n) is 10.7. The zero-order chi connectivity index (χ0) is 11.9. The third kappa shape index (κ3) is 3.95. The van der Waals surface area contributed by atoms with Crippen molar-refractivity contribution in [2.45, 2.75) is 51.0 Å². The average Bonchev–Trinajstić information content (AvgIpc) is 2.33. The minimum atomic E-state index is 0.641. The van der Waals surface area contributed by atoms with Crippen LogP contribution in [0.1, 0.15) is 44.9 Å². The highest BCUT2D eigenvalue weighted by Crippen LogP contribution is 2.23. The lowest BCUT2D eigenvalue weighted by atomic mass is 9.96. The summed E-state index contributed by atoms with van der Waals surface area (Å²) >= 11 is 0. The summed E-state index contributed by atoms with van der Waals surface area (Å²) in [5.74, 6) is 0.931. The topological polar surface area (TPSA) is 21.3 Å². The Morgan fingerprint density at radius 3 is 2.47 bits per heavy atom. The number of hydrogen-bond donors (Lipinski definition) is 1. The van der Waals surface area contributed by atoms with E-state index >= 15 is 0 Å². The molecule has 0 heterocycles. The predicted octanol–water partition coefficient (Wildman–Crippen LogP) is 4.22. The Morgan fingerprint density at radius 2 is 1.76 bits per heavy atom. The summed E-state index contributed by atoms with van der Waals surface area (Å²) in [4.78, 5) is 0. The van der Waals surface area contributed by atoms with Gasteiger partial charge in [-0.2, -0.15) is 0 Å². The molecule has 0 saturated heterocycles. The van der Waals surface area contributed by atoms with E-state index < -0.39 is 0 Å². The van der Waals surface area contributed by atoms with Gasteiger partial charge in [-0.15, -0.1) is 0 Å². The van der Waals surface area contributed by atoms with Crippen molar-refractivity contribution in [3.8, 4) is 5.75 Å². The van der Waals surface area contributed by atoms with Crippen LogP contribution < -0.4 is 10.1 Å². The van der Waals surface area contributed by atoms with Gasteiger partial charge in [0, 0.05) is 17.8 Å². The first-order chi connectivity index (χ1) is 8.38. The molecule has 2 nitrogen and oxygen atoms in total. The van der Waals surface area contributed by atoms with Gasteiger partial charge in [0.05, 0.1) is 7.11 Å². The Bertz CT molecular complexity index is 329. The fraction of sp³-hybridized carbons (Fsp3) is 0.600. The largest absolute Gasteiger partial charge is 0.497 e. The summed E-state index contributed by atoms with van der Waals surface area (Å²) in [5, 5.41) is 3.64. The van der Waals surface area contributed by atoms with Crippen molar-refractivity contribution in [3.63, 3.8) is 0 Å². The monoisotopic (exact) mass is 233 g/mol. The maximum absolute atomic E-state index is 5.25. The molecule has 1 aromatic rings. The molecule has 1 aromatic carbocycles. The minimum Gasteiger partial charge on any atom is -0.497 e. The van der Waals surface area contributed by atoms with Crippen molar-refractivity contribution in [1.82, 2.24) is 0 Å². The molecule has 1 aliphatic carbocycles. The second-order valence-corrected chi connectivity index (χ2v) is 4.92. The Labute approximate surface area is 104 Å². The van der Waals surface area contributed by atoms with Crippen molar-refractivity contribution in [3.05, 3.63) is 24.3 Å². The molecular formula is C15H23NO. The molecule has 0 spiro atoms. The van der Waals surface area contributed by atoms with Gasteiger partial charge in [0.25, 0.3) is 0 Å². The smallest absolute Gasteiger partial charge is 0.120 e. The van der Waals surface area contributed by atoms with Crippen LogP contribution in [0, 0.1) is 0 Å². The minimum absolute atomic E-state index is 0.641.